The average Bonchev–Trinajstić information content (AvgIpc) is 2.91. The molecule has 0 aliphatic heterocycles. The van der Waals surface area contributed by atoms with E-state index in [-0.39, 0.29) is 6.10 Å². The second-order valence-corrected chi connectivity index (χ2v) is 4.56. The van der Waals surface area contributed by atoms with Gasteiger partial charge in [-0.3, -0.25) is 0 Å². The Morgan fingerprint density at radius 3 is 2.42 bits per heavy atom. The van der Waals surface area contributed by atoms with Crippen LogP contribution in [0.2, 0.25) is 0 Å². The molecule has 106 valence electrons. The van der Waals surface area contributed by atoms with Crippen molar-refractivity contribution in [2.24, 2.45) is 0 Å². The molecule has 1 N–H and O–H groups in total. The third kappa shape index (κ3) is 3.13. The molecular weight excluding hydrogens is 246 g/mol. The molecule has 1 heterocycles. The van der Waals surface area contributed by atoms with Gasteiger partial charge in [0.15, 0.2) is 0 Å². The minimum absolute atomic E-state index is 0.279. The quantitative estimate of drug-likeness (QED) is 0.834. The van der Waals surface area contributed by atoms with E-state index in [0.717, 1.165) is 18.4 Å². The topological polar surface area (TPSA) is 65.5 Å². The van der Waals surface area contributed by atoms with Crippen LogP contribution in [-0.2, 0) is 11.3 Å². The molecule has 1 aliphatic rings. The van der Waals surface area contributed by atoms with E-state index in [2.05, 4.69) is 15.3 Å². The number of methoxy groups -OCH3 is 3. The van der Waals surface area contributed by atoms with Crippen LogP contribution in [0.3, 0.4) is 0 Å². The number of nitrogens with one attached hydrogen (secondary N) is 1. The summed E-state index contributed by atoms with van der Waals surface area (Å²) in [4.78, 5) is 8.21. The lowest BCUT2D eigenvalue weighted by atomic mass is 10.2. The third-order valence-electron chi connectivity index (χ3n) is 3.55. The number of rotatable bonds is 6. The van der Waals surface area contributed by atoms with Crippen LogP contribution in [0.25, 0.3) is 0 Å². The summed E-state index contributed by atoms with van der Waals surface area (Å²) in [6.45, 7) is 0.609. The van der Waals surface area contributed by atoms with Crippen molar-refractivity contribution in [3.05, 3.63) is 11.9 Å². The molecule has 1 fully saturated rings. The number of hydrogen-bond acceptors (Lipinski definition) is 6. The monoisotopic (exact) mass is 267 g/mol. The van der Waals surface area contributed by atoms with Gasteiger partial charge in [-0.25, -0.2) is 9.97 Å². The van der Waals surface area contributed by atoms with E-state index in [1.54, 1.807) is 21.3 Å². The van der Waals surface area contributed by atoms with Crippen LogP contribution in [0, 0.1) is 0 Å². The standard InChI is InChI=1S/C13H21N3O3/c1-17-11-6-4-5-10(11)14-7-9-12(18-2)15-8-16-13(9)19-3/h8,10-11,14H,4-7H2,1-3H3. The van der Waals surface area contributed by atoms with E-state index in [1.165, 1.54) is 12.7 Å². The van der Waals surface area contributed by atoms with Crippen LogP contribution in [0.15, 0.2) is 6.33 Å². The summed E-state index contributed by atoms with van der Waals surface area (Å²) in [5, 5.41) is 3.48. The molecule has 1 aromatic rings. The smallest absolute Gasteiger partial charge is 0.224 e. The molecule has 6 nitrogen and oxygen atoms in total. The van der Waals surface area contributed by atoms with Gasteiger partial charge in [0.1, 0.15) is 6.33 Å². The first-order chi connectivity index (χ1) is 9.30. The number of aromatic nitrogens is 2. The van der Waals surface area contributed by atoms with Crippen LogP contribution < -0.4 is 14.8 Å². The first-order valence-electron chi connectivity index (χ1n) is 6.48. The summed E-state index contributed by atoms with van der Waals surface area (Å²) in [7, 11) is 4.95. The van der Waals surface area contributed by atoms with Crippen molar-refractivity contribution in [1.29, 1.82) is 0 Å². The lowest BCUT2D eigenvalue weighted by Gasteiger charge is -2.20. The van der Waals surface area contributed by atoms with Crippen molar-refractivity contribution in [3.8, 4) is 11.8 Å². The number of nitrogens with zero attached hydrogens (tertiary/aromatic N) is 2. The maximum absolute atomic E-state index is 5.47. The first-order valence-corrected chi connectivity index (χ1v) is 6.48. The SMILES string of the molecule is COc1ncnc(OC)c1CNC1CCCC1OC. The predicted octanol–water partition coefficient (Wildman–Crippen LogP) is 1.15. The van der Waals surface area contributed by atoms with Gasteiger partial charge in [0.05, 0.1) is 25.9 Å². The molecule has 2 rings (SSSR count). The highest BCUT2D eigenvalue weighted by Gasteiger charge is 2.27. The van der Waals surface area contributed by atoms with Crippen molar-refractivity contribution in [1.82, 2.24) is 15.3 Å². The van der Waals surface area contributed by atoms with Gasteiger partial charge < -0.3 is 19.5 Å². The van der Waals surface area contributed by atoms with Crippen LogP contribution in [0.4, 0.5) is 0 Å². The van der Waals surface area contributed by atoms with Crippen molar-refractivity contribution >= 4 is 0 Å². The molecule has 0 saturated heterocycles. The Bertz CT molecular complexity index is 392. The van der Waals surface area contributed by atoms with Crippen molar-refractivity contribution in [2.75, 3.05) is 21.3 Å². The Morgan fingerprint density at radius 2 is 1.84 bits per heavy atom. The minimum Gasteiger partial charge on any atom is -0.481 e. The Kier molecular flexibility index (Phi) is 4.93. The molecule has 0 spiro atoms. The van der Waals surface area contributed by atoms with Gasteiger partial charge >= 0.3 is 0 Å². The van der Waals surface area contributed by atoms with Crippen LogP contribution in [0.5, 0.6) is 11.8 Å². The summed E-state index contributed by atoms with van der Waals surface area (Å²) in [5.74, 6) is 1.10. The highest BCUT2D eigenvalue weighted by atomic mass is 16.5. The Labute approximate surface area is 113 Å². The summed E-state index contributed by atoms with van der Waals surface area (Å²) in [5.41, 5.74) is 0.842. The molecule has 0 aromatic carbocycles. The van der Waals surface area contributed by atoms with Gasteiger partial charge in [-0.05, 0) is 19.3 Å². The number of ether oxygens (including phenoxy) is 3. The molecule has 1 saturated carbocycles. The van der Waals surface area contributed by atoms with Gasteiger partial charge in [-0.1, -0.05) is 0 Å². The molecule has 2 atom stereocenters. The molecule has 0 radical (unpaired) electrons. The van der Waals surface area contributed by atoms with Gasteiger partial charge in [0, 0.05) is 19.7 Å². The average molecular weight is 267 g/mol. The zero-order valence-electron chi connectivity index (χ0n) is 11.7. The second kappa shape index (κ2) is 6.68. The Hall–Kier alpha value is -1.40. The van der Waals surface area contributed by atoms with E-state index >= 15 is 0 Å². The molecule has 19 heavy (non-hydrogen) atoms. The fraction of sp³-hybridized carbons (Fsp3) is 0.692. The maximum atomic E-state index is 5.47. The Morgan fingerprint density at radius 1 is 1.16 bits per heavy atom. The van der Waals surface area contributed by atoms with Gasteiger partial charge in [-0.15, -0.1) is 0 Å². The molecular formula is C13H21N3O3. The summed E-state index contributed by atoms with van der Waals surface area (Å²) in [6.07, 6.45) is 5.14. The second-order valence-electron chi connectivity index (χ2n) is 4.56. The van der Waals surface area contributed by atoms with Crippen molar-refractivity contribution < 1.29 is 14.2 Å². The van der Waals surface area contributed by atoms with Crippen LogP contribution >= 0.6 is 0 Å². The van der Waals surface area contributed by atoms with Crippen molar-refractivity contribution in [3.63, 3.8) is 0 Å². The van der Waals surface area contributed by atoms with Crippen LogP contribution in [0.1, 0.15) is 24.8 Å². The lowest BCUT2D eigenvalue weighted by Crippen LogP contribution is -2.36. The number of hydrogen-bond donors (Lipinski definition) is 1. The largest absolute Gasteiger partial charge is 0.481 e. The molecule has 1 aliphatic carbocycles. The fourth-order valence-corrected chi connectivity index (χ4v) is 2.56. The van der Waals surface area contributed by atoms with Gasteiger partial charge in [0.2, 0.25) is 11.8 Å². The minimum atomic E-state index is 0.279. The fourth-order valence-electron chi connectivity index (χ4n) is 2.56. The summed E-state index contributed by atoms with van der Waals surface area (Å²) < 4.78 is 16.0. The molecule has 0 amide bonds. The predicted molar refractivity (Wildman–Crippen MR) is 70.4 cm³/mol. The maximum Gasteiger partial charge on any atom is 0.224 e. The molecule has 1 aromatic heterocycles. The summed E-state index contributed by atoms with van der Waals surface area (Å²) in [6, 6.07) is 0.361. The van der Waals surface area contributed by atoms with Crippen molar-refractivity contribution in [2.45, 2.75) is 38.0 Å². The third-order valence-corrected chi connectivity index (χ3v) is 3.55. The van der Waals surface area contributed by atoms with Crippen LogP contribution in [-0.4, -0.2) is 43.4 Å². The van der Waals surface area contributed by atoms with Gasteiger partial charge in [0.25, 0.3) is 0 Å². The highest BCUT2D eigenvalue weighted by molar-refractivity contribution is 5.34. The first kappa shape index (κ1) is 14.0. The highest BCUT2D eigenvalue weighted by Crippen LogP contribution is 2.26. The van der Waals surface area contributed by atoms with E-state index in [1.807, 2.05) is 0 Å². The Balaban J connectivity index is 2.06. The zero-order valence-corrected chi connectivity index (χ0v) is 11.7. The zero-order chi connectivity index (χ0) is 13.7. The lowest BCUT2D eigenvalue weighted by molar-refractivity contribution is 0.0845. The van der Waals surface area contributed by atoms with E-state index in [9.17, 15) is 0 Å². The molecule has 2 unspecified atom stereocenters. The van der Waals surface area contributed by atoms with E-state index in [4.69, 9.17) is 14.2 Å². The van der Waals surface area contributed by atoms with E-state index in [0.29, 0.717) is 24.3 Å². The molecule has 6 heteroatoms. The molecule has 0 bridgehead atoms. The normalized spacial score (nSPS) is 22.5. The van der Waals surface area contributed by atoms with E-state index < -0.39 is 0 Å². The summed E-state index contributed by atoms with van der Waals surface area (Å²) >= 11 is 0. The van der Waals surface area contributed by atoms with Gasteiger partial charge in [-0.2, -0.15) is 0 Å².